The predicted octanol–water partition coefficient (Wildman–Crippen LogP) is 2.65. The fraction of sp³-hybridized carbons (Fsp3) is 0.571. The maximum Gasteiger partial charge on any atom is 0.123 e. The molecule has 2 atom stereocenters. The normalized spacial score (nSPS) is 26.2. The van der Waals surface area contributed by atoms with E-state index in [9.17, 15) is 4.39 Å². The van der Waals surface area contributed by atoms with Gasteiger partial charge in [-0.05, 0) is 49.8 Å². The average molecular weight is 235 g/mol. The first-order valence-corrected chi connectivity index (χ1v) is 6.30. The summed E-state index contributed by atoms with van der Waals surface area (Å²) in [4.78, 5) is 0. The van der Waals surface area contributed by atoms with Gasteiger partial charge in [0.05, 0.1) is 0 Å². The summed E-state index contributed by atoms with van der Waals surface area (Å²) in [6.07, 6.45) is 4.41. The zero-order chi connectivity index (χ0) is 12.0. The highest BCUT2D eigenvalue weighted by Crippen LogP contribution is 2.53. The van der Waals surface area contributed by atoms with Crippen molar-refractivity contribution in [3.8, 4) is 5.75 Å². The lowest BCUT2D eigenvalue weighted by Gasteiger charge is -2.22. The van der Waals surface area contributed by atoms with Gasteiger partial charge in [-0.2, -0.15) is 0 Å². The van der Waals surface area contributed by atoms with Gasteiger partial charge in [-0.1, -0.05) is 0 Å². The fourth-order valence-electron chi connectivity index (χ4n) is 2.86. The van der Waals surface area contributed by atoms with Crippen LogP contribution in [0, 0.1) is 11.2 Å². The maximum atomic E-state index is 13.1. The van der Waals surface area contributed by atoms with Gasteiger partial charge in [0.1, 0.15) is 17.7 Å². The van der Waals surface area contributed by atoms with Gasteiger partial charge < -0.3 is 10.5 Å². The number of benzene rings is 1. The first-order chi connectivity index (χ1) is 8.09. The van der Waals surface area contributed by atoms with Crippen molar-refractivity contribution in [2.45, 2.75) is 44.8 Å². The Morgan fingerprint density at radius 2 is 2.29 bits per heavy atom. The number of halogens is 1. The number of hydrogen-bond acceptors (Lipinski definition) is 2. The monoisotopic (exact) mass is 235 g/mol. The highest BCUT2D eigenvalue weighted by Gasteiger charge is 2.48. The lowest BCUT2D eigenvalue weighted by molar-refractivity contribution is 0.176. The first kappa shape index (κ1) is 11.0. The Bertz CT molecular complexity index is 440. The van der Waals surface area contributed by atoms with E-state index >= 15 is 0 Å². The van der Waals surface area contributed by atoms with E-state index in [1.165, 1.54) is 18.9 Å². The van der Waals surface area contributed by atoms with Crippen molar-refractivity contribution in [2.24, 2.45) is 11.1 Å². The molecule has 1 heterocycles. The van der Waals surface area contributed by atoms with Crippen LogP contribution < -0.4 is 10.5 Å². The van der Waals surface area contributed by atoms with Crippen molar-refractivity contribution in [1.29, 1.82) is 0 Å². The molecule has 1 fully saturated rings. The van der Waals surface area contributed by atoms with Crippen molar-refractivity contribution in [1.82, 2.24) is 0 Å². The summed E-state index contributed by atoms with van der Waals surface area (Å²) < 4.78 is 19.0. The van der Waals surface area contributed by atoms with Crippen molar-refractivity contribution in [3.63, 3.8) is 0 Å². The van der Waals surface area contributed by atoms with Gasteiger partial charge in [-0.15, -0.1) is 0 Å². The molecule has 2 nitrogen and oxygen atoms in total. The fourth-order valence-corrected chi connectivity index (χ4v) is 2.86. The highest BCUT2D eigenvalue weighted by atomic mass is 19.1. The molecule has 1 aromatic rings. The van der Waals surface area contributed by atoms with Crippen molar-refractivity contribution < 1.29 is 9.13 Å². The molecular formula is C14H18FNO. The molecule has 0 aromatic heterocycles. The molecule has 1 aliphatic carbocycles. The third-order valence-electron chi connectivity index (χ3n) is 4.26. The molecule has 0 spiro atoms. The minimum absolute atomic E-state index is 0.179. The number of nitrogens with two attached hydrogens (primary N) is 1. The van der Waals surface area contributed by atoms with E-state index in [1.54, 1.807) is 12.1 Å². The topological polar surface area (TPSA) is 35.2 Å². The molecule has 0 amide bonds. The van der Waals surface area contributed by atoms with Crippen molar-refractivity contribution in [2.75, 3.05) is 0 Å². The van der Waals surface area contributed by atoms with Gasteiger partial charge in [0.15, 0.2) is 0 Å². The Hall–Kier alpha value is -1.09. The Morgan fingerprint density at radius 3 is 2.94 bits per heavy atom. The molecule has 2 N–H and O–H groups in total. The van der Waals surface area contributed by atoms with E-state index in [0.717, 1.165) is 24.2 Å². The van der Waals surface area contributed by atoms with E-state index in [0.29, 0.717) is 0 Å². The van der Waals surface area contributed by atoms with E-state index in [-0.39, 0.29) is 23.4 Å². The van der Waals surface area contributed by atoms with Crippen LogP contribution in [0.2, 0.25) is 0 Å². The first-order valence-electron chi connectivity index (χ1n) is 6.30. The van der Waals surface area contributed by atoms with Gasteiger partial charge in [0.2, 0.25) is 0 Å². The third-order valence-corrected chi connectivity index (χ3v) is 4.26. The highest BCUT2D eigenvalue weighted by molar-refractivity contribution is 5.38. The molecule has 0 radical (unpaired) electrons. The predicted molar refractivity (Wildman–Crippen MR) is 64.5 cm³/mol. The molecule has 1 saturated carbocycles. The van der Waals surface area contributed by atoms with Crippen LogP contribution in [0.3, 0.4) is 0 Å². The Morgan fingerprint density at radius 1 is 1.53 bits per heavy atom. The molecular weight excluding hydrogens is 217 g/mol. The molecule has 1 aromatic carbocycles. The Labute approximate surface area is 101 Å². The summed E-state index contributed by atoms with van der Waals surface area (Å²) in [5.74, 6) is 0.665. The minimum atomic E-state index is -0.179. The van der Waals surface area contributed by atoms with E-state index < -0.39 is 0 Å². The summed E-state index contributed by atoms with van der Waals surface area (Å²) in [5.41, 5.74) is 7.30. The van der Waals surface area contributed by atoms with Crippen molar-refractivity contribution in [3.05, 3.63) is 29.6 Å². The quantitative estimate of drug-likeness (QED) is 0.874. The molecule has 2 aliphatic rings. The van der Waals surface area contributed by atoms with Gasteiger partial charge >= 0.3 is 0 Å². The lowest BCUT2D eigenvalue weighted by Crippen LogP contribution is -2.32. The zero-order valence-corrected chi connectivity index (χ0v) is 10.1. The van der Waals surface area contributed by atoms with Crippen LogP contribution in [0.15, 0.2) is 18.2 Å². The summed E-state index contributed by atoms with van der Waals surface area (Å²) >= 11 is 0. The molecule has 2 unspecified atom stereocenters. The molecule has 1 aliphatic heterocycles. The number of fused-ring (bicyclic) bond motifs is 1. The maximum absolute atomic E-state index is 13.1. The second kappa shape index (κ2) is 3.70. The molecule has 92 valence electrons. The number of hydrogen-bond donors (Lipinski definition) is 1. The molecule has 3 heteroatoms. The molecule has 0 bridgehead atoms. The van der Waals surface area contributed by atoms with Crippen LogP contribution in [0.5, 0.6) is 5.75 Å². The second-order valence-corrected chi connectivity index (χ2v) is 5.55. The average Bonchev–Trinajstić information content (AvgIpc) is 2.93. The van der Waals surface area contributed by atoms with Gasteiger partial charge in [-0.3, -0.25) is 0 Å². The Kier molecular flexibility index (Phi) is 2.40. The summed E-state index contributed by atoms with van der Waals surface area (Å²) in [6, 6.07) is 5.00. The number of ether oxygens (including phenoxy) is 1. The van der Waals surface area contributed by atoms with Crippen LogP contribution in [-0.2, 0) is 6.42 Å². The number of rotatable bonds is 3. The Balaban J connectivity index is 1.70. The van der Waals surface area contributed by atoms with Crippen LogP contribution in [0.25, 0.3) is 0 Å². The minimum Gasteiger partial charge on any atom is -0.490 e. The SMILES string of the molecule is CC(N)C1(CC2Cc3cc(F)ccc3O2)CC1. The standard InChI is InChI=1S/C14H18FNO/c1-9(16)14(4-5-14)8-12-7-10-6-11(15)2-3-13(10)17-12/h2-3,6,9,12H,4-5,7-8,16H2,1H3. The van der Waals surface area contributed by atoms with E-state index in [2.05, 4.69) is 6.92 Å². The molecule has 17 heavy (non-hydrogen) atoms. The largest absolute Gasteiger partial charge is 0.490 e. The summed E-state index contributed by atoms with van der Waals surface area (Å²) in [5, 5.41) is 0. The lowest BCUT2D eigenvalue weighted by atomic mass is 9.90. The van der Waals surface area contributed by atoms with Crippen LogP contribution in [0.4, 0.5) is 4.39 Å². The van der Waals surface area contributed by atoms with Gasteiger partial charge in [-0.25, -0.2) is 4.39 Å². The van der Waals surface area contributed by atoms with E-state index in [1.807, 2.05) is 0 Å². The summed E-state index contributed by atoms with van der Waals surface area (Å²) in [6.45, 7) is 2.08. The summed E-state index contributed by atoms with van der Waals surface area (Å²) in [7, 11) is 0. The van der Waals surface area contributed by atoms with E-state index in [4.69, 9.17) is 10.5 Å². The van der Waals surface area contributed by atoms with Crippen LogP contribution in [0.1, 0.15) is 31.7 Å². The molecule has 0 saturated heterocycles. The van der Waals surface area contributed by atoms with Crippen molar-refractivity contribution >= 4 is 0 Å². The van der Waals surface area contributed by atoms with Crippen LogP contribution in [-0.4, -0.2) is 12.1 Å². The van der Waals surface area contributed by atoms with Gasteiger partial charge in [0.25, 0.3) is 0 Å². The van der Waals surface area contributed by atoms with Gasteiger partial charge in [0, 0.05) is 18.0 Å². The molecule has 3 rings (SSSR count). The smallest absolute Gasteiger partial charge is 0.123 e. The second-order valence-electron chi connectivity index (χ2n) is 5.55. The zero-order valence-electron chi connectivity index (χ0n) is 10.1. The van der Waals surface area contributed by atoms with Crippen LogP contribution >= 0.6 is 0 Å². The third kappa shape index (κ3) is 1.93.